The smallest absolute Gasteiger partial charge is 0.123 e. The van der Waals surface area contributed by atoms with E-state index in [-0.39, 0.29) is 5.82 Å². The highest BCUT2D eigenvalue weighted by atomic mass is 19.1. The van der Waals surface area contributed by atoms with Gasteiger partial charge in [-0.1, -0.05) is 0 Å². The highest BCUT2D eigenvalue weighted by molar-refractivity contribution is 5.53. The molecule has 3 nitrogen and oxygen atoms in total. The van der Waals surface area contributed by atoms with E-state index in [0.29, 0.717) is 0 Å². The number of piperidine rings is 2. The molecule has 3 fully saturated rings. The van der Waals surface area contributed by atoms with Crippen LogP contribution >= 0.6 is 0 Å². The Balaban J connectivity index is 1.33. The summed E-state index contributed by atoms with van der Waals surface area (Å²) in [5.41, 5.74) is 2.28. The minimum absolute atomic E-state index is 0.127. The number of nitrogens with zero attached hydrogens (tertiary/aromatic N) is 3. The van der Waals surface area contributed by atoms with Crippen LogP contribution in [0.25, 0.3) is 0 Å². The standard InChI is InChI=1S/C21H32FN3/c1-17-15-18(22)6-7-21(17)24-13-8-19(9-14-24)25-12-4-5-20(16-25)23-10-2-3-11-23/h6-7,15,19-20H,2-5,8-14,16H2,1H3. The number of likely N-dealkylation sites (tertiary alicyclic amines) is 2. The second-order valence-electron chi connectivity index (χ2n) is 8.18. The number of anilines is 1. The zero-order chi connectivity index (χ0) is 17.2. The molecule has 1 aromatic carbocycles. The van der Waals surface area contributed by atoms with E-state index in [2.05, 4.69) is 14.7 Å². The topological polar surface area (TPSA) is 9.72 Å². The van der Waals surface area contributed by atoms with Crippen LogP contribution in [0.2, 0.25) is 0 Å². The molecule has 138 valence electrons. The number of aryl methyl sites for hydroxylation is 1. The van der Waals surface area contributed by atoms with Gasteiger partial charge in [0.1, 0.15) is 5.82 Å². The van der Waals surface area contributed by atoms with Crippen LogP contribution in [0.5, 0.6) is 0 Å². The lowest BCUT2D eigenvalue weighted by Gasteiger charge is -2.44. The van der Waals surface area contributed by atoms with Crippen molar-refractivity contribution in [2.75, 3.05) is 44.2 Å². The first kappa shape index (κ1) is 17.3. The lowest BCUT2D eigenvalue weighted by molar-refractivity contribution is 0.0736. The summed E-state index contributed by atoms with van der Waals surface area (Å²) in [4.78, 5) is 7.97. The molecule has 1 aromatic rings. The van der Waals surface area contributed by atoms with Crippen molar-refractivity contribution in [1.29, 1.82) is 0 Å². The van der Waals surface area contributed by atoms with Gasteiger partial charge >= 0.3 is 0 Å². The summed E-state index contributed by atoms with van der Waals surface area (Å²) in [5.74, 6) is -0.127. The number of hydrogen-bond donors (Lipinski definition) is 0. The Morgan fingerprint density at radius 3 is 2.28 bits per heavy atom. The van der Waals surface area contributed by atoms with Gasteiger partial charge in [-0.15, -0.1) is 0 Å². The van der Waals surface area contributed by atoms with Gasteiger partial charge in [-0.25, -0.2) is 4.39 Å². The van der Waals surface area contributed by atoms with Gasteiger partial charge < -0.3 is 4.90 Å². The van der Waals surface area contributed by atoms with E-state index in [0.717, 1.165) is 30.7 Å². The third kappa shape index (κ3) is 3.85. The maximum absolute atomic E-state index is 13.4. The monoisotopic (exact) mass is 345 g/mol. The van der Waals surface area contributed by atoms with E-state index >= 15 is 0 Å². The summed E-state index contributed by atoms with van der Waals surface area (Å²) in [6.45, 7) is 9.42. The Morgan fingerprint density at radius 1 is 0.840 bits per heavy atom. The molecule has 4 heteroatoms. The molecule has 1 atom stereocenters. The summed E-state index contributed by atoms with van der Waals surface area (Å²) in [7, 11) is 0. The lowest BCUT2D eigenvalue weighted by atomic mass is 9.96. The minimum atomic E-state index is -0.127. The van der Waals surface area contributed by atoms with Crippen molar-refractivity contribution in [2.24, 2.45) is 0 Å². The Labute approximate surface area is 151 Å². The Hall–Kier alpha value is -1.13. The van der Waals surface area contributed by atoms with Crippen molar-refractivity contribution in [1.82, 2.24) is 9.80 Å². The van der Waals surface area contributed by atoms with E-state index in [1.807, 2.05) is 13.0 Å². The molecule has 0 N–H and O–H groups in total. The number of halogens is 1. The first-order chi connectivity index (χ1) is 12.2. The van der Waals surface area contributed by atoms with Crippen LogP contribution in [-0.4, -0.2) is 61.2 Å². The van der Waals surface area contributed by atoms with Gasteiger partial charge in [0.2, 0.25) is 0 Å². The van der Waals surface area contributed by atoms with Crippen LogP contribution in [0.4, 0.5) is 10.1 Å². The number of hydrogen-bond acceptors (Lipinski definition) is 3. The molecule has 4 rings (SSSR count). The van der Waals surface area contributed by atoms with Crippen LogP contribution in [0.15, 0.2) is 18.2 Å². The quantitative estimate of drug-likeness (QED) is 0.828. The van der Waals surface area contributed by atoms with Crippen LogP contribution in [0, 0.1) is 12.7 Å². The first-order valence-electron chi connectivity index (χ1n) is 10.2. The predicted molar refractivity (Wildman–Crippen MR) is 102 cm³/mol. The molecule has 0 aliphatic carbocycles. The predicted octanol–water partition coefficient (Wildman–Crippen LogP) is 3.66. The van der Waals surface area contributed by atoms with Gasteiger partial charge in [-0.3, -0.25) is 9.80 Å². The van der Waals surface area contributed by atoms with E-state index in [1.54, 1.807) is 12.1 Å². The van der Waals surface area contributed by atoms with Gasteiger partial charge in [-0.05, 0) is 88.8 Å². The third-order valence-corrected chi connectivity index (χ3v) is 6.57. The molecule has 0 bridgehead atoms. The Bertz CT molecular complexity index is 577. The molecule has 0 aromatic heterocycles. The van der Waals surface area contributed by atoms with E-state index < -0.39 is 0 Å². The number of rotatable bonds is 3. The molecule has 3 aliphatic heterocycles. The van der Waals surface area contributed by atoms with Gasteiger partial charge in [0, 0.05) is 37.4 Å². The maximum Gasteiger partial charge on any atom is 0.123 e. The summed E-state index contributed by atoms with van der Waals surface area (Å²) in [6.07, 6.45) is 8.02. The zero-order valence-electron chi connectivity index (χ0n) is 15.6. The zero-order valence-corrected chi connectivity index (χ0v) is 15.6. The molecular formula is C21H32FN3. The minimum Gasteiger partial charge on any atom is -0.371 e. The van der Waals surface area contributed by atoms with E-state index in [9.17, 15) is 4.39 Å². The molecule has 3 saturated heterocycles. The average molecular weight is 346 g/mol. The summed E-state index contributed by atoms with van der Waals surface area (Å²) in [5, 5.41) is 0. The van der Waals surface area contributed by atoms with Crippen molar-refractivity contribution < 1.29 is 4.39 Å². The normalized spacial score (nSPS) is 27.1. The van der Waals surface area contributed by atoms with Crippen LogP contribution in [0.3, 0.4) is 0 Å². The number of benzene rings is 1. The van der Waals surface area contributed by atoms with Gasteiger partial charge in [0.25, 0.3) is 0 Å². The lowest BCUT2D eigenvalue weighted by Crippen LogP contribution is -2.53. The largest absolute Gasteiger partial charge is 0.371 e. The van der Waals surface area contributed by atoms with Crippen molar-refractivity contribution in [3.63, 3.8) is 0 Å². The molecule has 0 radical (unpaired) electrons. The van der Waals surface area contributed by atoms with Crippen molar-refractivity contribution in [3.8, 4) is 0 Å². The molecule has 25 heavy (non-hydrogen) atoms. The van der Waals surface area contributed by atoms with Crippen LogP contribution in [0.1, 0.15) is 44.1 Å². The fraction of sp³-hybridized carbons (Fsp3) is 0.714. The second kappa shape index (κ2) is 7.63. The van der Waals surface area contributed by atoms with Crippen LogP contribution in [-0.2, 0) is 0 Å². The molecule has 3 heterocycles. The molecule has 0 amide bonds. The first-order valence-corrected chi connectivity index (χ1v) is 10.2. The van der Waals surface area contributed by atoms with E-state index in [1.165, 1.54) is 70.4 Å². The average Bonchev–Trinajstić information content (AvgIpc) is 3.17. The SMILES string of the molecule is Cc1cc(F)ccc1N1CCC(N2CCCC(N3CCCC3)C2)CC1. The summed E-state index contributed by atoms with van der Waals surface area (Å²) < 4.78 is 13.4. The summed E-state index contributed by atoms with van der Waals surface area (Å²) >= 11 is 0. The van der Waals surface area contributed by atoms with E-state index in [4.69, 9.17) is 0 Å². The van der Waals surface area contributed by atoms with Gasteiger partial charge in [0.15, 0.2) is 0 Å². The maximum atomic E-state index is 13.4. The summed E-state index contributed by atoms with van der Waals surface area (Å²) in [6, 6.07) is 6.75. The third-order valence-electron chi connectivity index (χ3n) is 6.57. The molecule has 0 saturated carbocycles. The second-order valence-corrected chi connectivity index (χ2v) is 8.18. The Morgan fingerprint density at radius 2 is 1.56 bits per heavy atom. The van der Waals surface area contributed by atoms with Gasteiger partial charge in [-0.2, -0.15) is 0 Å². The highest BCUT2D eigenvalue weighted by Gasteiger charge is 2.32. The van der Waals surface area contributed by atoms with Crippen molar-refractivity contribution in [2.45, 2.75) is 57.5 Å². The van der Waals surface area contributed by atoms with Crippen molar-refractivity contribution >= 4 is 5.69 Å². The fourth-order valence-electron chi connectivity index (χ4n) is 5.17. The van der Waals surface area contributed by atoms with Gasteiger partial charge in [0.05, 0.1) is 0 Å². The molecule has 1 unspecified atom stereocenters. The molecular weight excluding hydrogens is 313 g/mol. The van der Waals surface area contributed by atoms with Crippen LogP contribution < -0.4 is 4.90 Å². The van der Waals surface area contributed by atoms with Crippen molar-refractivity contribution in [3.05, 3.63) is 29.6 Å². The fourth-order valence-corrected chi connectivity index (χ4v) is 5.17. The highest BCUT2D eigenvalue weighted by Crippen LogP contribution is 2.28. The molecule has 3 aliphatic rings. The Kier molecular flexibility index (Phi) is 5.28. The molecule has 0 spiro atoms.